The van der Waals surface area contributed by atoms with E-state index in [4.69, 9.17) is 27.9 Å². The van der Waals surface area contributed by atoms with Gasteiger partial charge in [0.15, 0.2) is 5.75 Å². The van der Waals surface area contributed by atoms with Crippen LogP contribution in [-0.2, 0) is 11.8 Å². The number of amidine groups is 1. The van der Waals surface area contributed by atoms with E-state index < -0.39 is 0 Å². The van der Waals surface area contributed by atoms with Gasteiger partial charge in [-0.15, -0.1) is 5.10 Å². The summed E-state index contributed by atoms with van der Waals surface area (Å²) in [7, 11) is 1.55. The zero-order valence-electron chi connectivity index (χ0n) is 14.3. The molecule has 0 fully saturated rings. The van der Waals surface area contributed by atoms with Crippen molar-refractivity contribution in [3.8, 4) is 11.6 Å². The van der Waals surface area contributed by atoms with Crippen LogP contribution in [0.25, 0.3) is 0 Å². The lowest BCUT2D eigenvalue weighted by atomic mass is 10.1. The average Bonchev–Trinajstić information content (AvgIpc) is 3.00. The van der Waals surface area contributed by atoms with Crippen molar-refractivity contribution in [3.05, 3.63) is 49.7 Å². The number of aryl methyl sites for hydroxylation is 1. The lowest BCUT2D eigenvalue weighted by molar-refractivity contribution is -0.117. The molecule has 2 aromatic rings. The maximum absolute atomic E-state index is 12.1. The van der Waals surface area contributed by atoms with Crippen LogP contribution in [-0.4, -0.2) is 28.1 Å². The van der Waals surface area contributed by atoms with E-state index in [9.17, 15) is 9.59 Å². The van der Waals surface area contributed by atoms with Gasteiger partial charge in [0.1, 0.15) is 12.4 Å². The number of amides is 1. The molecule has 0 radical (unpaired) electrons. The first-order chi connectivity index (χ1) is 12.3. The van der Waals surface area contributed by atoms with Gasteiger partial charge in [-0.2, -0.15) is 0 Å². The van der Waals surface area contributed by atoms with Crippen molar-refractivity contribution in [2.75, 3.05) is 6.54 Å². The fourth-order valence-electron chi connectivity index (χ4n) is 2.49. The Labute approximate surface area is 159 Å². The first-order valence-electron chi connectivity index (χ1n) is 7.86. The second-order valence-electron chi connectivity index (χ2n) is 6.11. The van der Waals surface area contributed by atoms with E-state index in [0.717, 1.165) is 0 Å². The highest BCUT2D eigenvalue weighted by molar-refractivity contribution is 6.38. The molecule has 0 saturated heterocycles. The summed E-state index contributed by atoms with van der Waals surface area (Å²) < 4.78 is 6.96. The van der Waals surface area contributed by atoms with Gasteiger partial charge in [0, 0.05) is 24.2 Å². The Kier molecular flexibility index (Phi) is 5.02. The molecule has 1 aliphatic rings. The van der Waals surface area contributed by atoms with E-state index in [-0.39, 0.29) is 45.6 Å². The summed E-state index contributed by atoms with van der Waals surface area (Å²) in [6, 6.07) is 4.77. The Hall–Kier alpha value is -2.38. The van der Waals surface area contributed by atoms with Crippen molar-refractivity contribution in [1.82, 2.24) is 15.1 Å². The third-order valence-corrected chi connectivity index (χ3v) is 4.37. The Balaban J connectivity index is 1.96. The van der Waals surface area contributed by atoms with Crippen LogP contribution in [0.5, 0.6) is 11.6 Å². The minimum absolute atomic E-state index is 0.0105. The van der Waals surface area contributed by atoms with Gasteiger partial charge in [-0.1, -0.05) is 37.0 Å². The SMILES string of the molecule is CC(C)c1cc(Oc2c(Cl)cc(C3=NCC(=O)N3)cc2Cl)nn(C)c1=O. The quantitative estimate of drug-likeness (QED) is 0.863. The zero-order chi connectivity index (χ0) is 19.0. The topological polar surface area (TPSA) is 85.6 Å². The van der Waals surface area contributed by atoms with Gasteiger partial charge >= 0.3 is 0 Å². The smallest absolute Gasteiger partial charge is 0.270 e. The number of nitrogens with zero attached hydrogens (tertiary/aromatic N) is 3. The van der Waals surface area contributed by atoms with Crippen LogP contribution in [0, 0.1) is 0 Å². The average molecular weight is 395 g/mol. The second kappa shape index (κ2) is 7.09. The van der Waals surface area contributed by atoms with E-state index in [0.29, 0.717) is 17.0 Å². The Bertz CT molecular complexity index is 959. The number of ether oxygens (including phenoxy) is 1. The van der Waals surface area contributed by atoms with Crippen molar-refractivity contribution >= 4 is 34.9 Å². The molecule has 3 rings (SSSR count). The van der Waals surface area contributed by atoms with Gasteiger partial charge in [0.25, 0.3) is 5.56 Å². The van der Waals surface area contributed by atoms with Crippen molar-refractivity contribution in [1.29, 1.82) is 0 Å². The number of hydrogen-bond donors (Lipinski definition) is 1. The van der Waals surface area contributed by atoms with Crippen molar-refractivity contribution in [2.45, 2.75) is 19.8 Å². The van der Waals surface area contributed by atoms with Gasteiger partial charge in [-0.3, -0.25) is 14.6 Å². The molecule has 9 heteroatoms. The van der Waals surface area contributed by atoms with Crippen LogP contribution in [0.4, 0.5) is 0 Å². The molecular formula is C17H16Cl2N4O3. The standard InChI is InChI=1S/C17H16Cl2N4O3/c1-8(2)10-6-14(22-23(3)17(10)25)26-15-11(18)4-9(5-12(15)19)16-20-7-13(24)21-16/h4-6,8H,7H2,1-3H3,(H,20,21,24). The van der Waals surface area contributed by atoms with Crippen LogP contribution in [0.2, 0.25) is 10.0 Å². The molecule has 0 atom stereocenters. The minimum Gasteiger partial charge on any atom is -0.434 e. The van der Waals surface area contributed by atoms with Crippen molar-refractivity contribution in [3.63, 3.8) is 0 Å². The fraction of sp³-hybridized carbons (Fsp3) is 0.294. The van der Waals surface area contributed by atoms with E-state index in [1.807, 2.05) is 13.8 Å². The molecule has 1 aromatic heterocycles. The van der Waals surface area contributed by atoms with E-state index >= 15 is 0 Å². The van der Waals surface area contributed by atoms with E-state index in [1.54, 1.807) is 25.2 Å². The molecule has 1 aliphatic heterocycles. The van der Waals surface area contributed by atoms with Crippen LogP contribution in [0.1, 0.15) is 30.9 Å². The first kappa shape index (κ1) is 18.4. The van der Waals surface area contributed by atoms with Gasteiger partial charge in [0.05, 0.1) is 10.0 Å². The molecule has 0 saturated carbocycles. The summed E-state index contributed by atoms with van der Waals surface area (Å²) in [5.74, 6) is 0.647. The molecule has 1 amide bonds. The molecule has 1 N–H and O–H groups in total. The predicted octanol–water partition coefficient (Wildman–Crippen LogP) is 2.88. The molecule has 0 bridgehead atoms. The number of carbonyl (C=O) groups is 1. The lowest BCUT2D eigenvalue weighted by Crippen LogP contribution is -2.25. The second-order valence-corrected chi connectivity index (χ2v) is 6.92. The summed E-state index contributed by atoms with van der Waals surface area (Å²) >= 11 is 12.6. The third kappa shape index (κ3) is 3.59. The molecular weight excluding hydrogens is 379 g/mol. The highest BCUT2D eigenvalue weighted by Gasteiger charge is 2.20. The summed E-state index contributed by atoms with van der Waals surface area (Å²) in [6.45, 7) is 3.89. The van der Waals surface area contributed by atoms with Gasteiger partial charge < -0.3 is 10.1 Å². The van der Waals surface area contributed by atoms with Crippen LogP contribution < -0.4 is 15.6 Å². The Morgan fingerprint density at radius 1 is 1.19 bits per heavy atom. The largest absolute Gasteiger partial charge is 0.434 e. The lowest BCUT2D eigenvalue weighted by Gasteiger charge is -2.13. The van der Waals surface area contributed by atoms with Gasteiger partial charge in [-0.05, 0) is 18.1 Å². The van der Waals surface area contributed by atoms with Gasteiger partial charge in [-0.25, -0.2) is 4.68 Å². The number of nitrogens with one attached hydrogen (secondary N) is 1. The molecule has 0 aliphatic carbocycles. The number of aliphatic imine (C=N–C) groups is 1. The highest BCUT2D eigenvalue weighted by atomic mass is 35.5. The number of rotatable bonds is 4. The van der Waals surface area contributed by atoms with E-state index in [1.165, 1.54) is 4.68 Å². The number of carbonyl (C=O) groups excluding carboxylic acids is 1. The molecule has 0 spiro atoms. The molecule has 2 heterocycles. The summed E-state index contributed by atoms with van der Waals surface area (Å²) in [5.41, 5.74) is 0.966. The molecule has 7 nitrogen and oxygen atoms in total. The maximum atomic E-state index is 12.1. The molecule has 0 unspecified atom stereocenters. The fourth-order valence-corrected chi connectivity index (χ4v) is 3.06. The Morgan fingerprint density at radius 2 is 1.85 bits per heavy atom. The zero-order valence-corrected chi connectivity index (χ0v) is 15.9. The molecule has 1 aromatic carbocycles. The molecule has 136 valence electrons. The Morgan fingerprint density at radius 3 is 2.38 bits per heavy atom. The van der Waals surface area contributed by atoms with Crippen LogP contribution in [0.3, 0.4) is 0 Å². The minimum atomic E-state index is -0.191. The van der Waals surface area contributed by atoms with E-state index in [2.05, 4.69) is 15.4 Å². The number of hydrogen-bond acceptors (Lipinski definition) is 5. The number of benzene rings is 1. The first-order valence-corrected chi connectivity index (χ1v) is 8.61. The highest BCUT2D eigenvalue weighted by Crippen LogP contribution is 2.37. The summed E-state index contributed by atoms with van der Waals surface area (Å²) in [5, 5.41) is 7.19. The summed E-state index contributed by atoms with van der Waals surface area (Å²) in [6.07, 6.45) is 0. The number of halogens is 2. The normalized spacial score (nSPS) is 13.8. The monoisotopic (exact) mass is 394 g/mol. The maximum Gasteiger partial charge on any atom is 0.270 e. The number of aromatic nitrogens is 2. The predicted molar refractivity (Wildman–Crippen MR) is 99.6 cm³/mol. The third-order valence-electron chi connectivity index (χ3n) is 3.81. The molecule has 26 heavy (non-hydrogen) atoms. The van der Waals surface area contributed by atoms with Crippen molar-refractivity contribution < 1.29 is 9.53 Å². The van der Waals surface area contributed by atoms with Gasteiger partial charge in [0.2, 0.25) is 11.8 Å². The van der Waals surface area contributed by atoms with Crippen LogP contribution in [0.15, 0.2) is 28.0 Å². The van der Waals surface area contributed by atoms with Crippen LogP contribution >= 0.6 is 23.2 Å². The van der Waals surface area contributed by atoms with Crippen molar-refractivity contribution in [2.24, 2.45) is 12.0 Å². The summed E-state index contributed by atoms with van der Waals surface area (Å²) in [4.78, 5) is 27.5.